The summed E-state index contributed by atoms with van der Waals surface area (Å²) >= 11 is 0. The molecule has 1 saturated carbocycles. The van der Waals surface area contributed by atoms with Gasteiger partial charge in [0.2, 0.25) is 10.0 Å². The molecule has 1 aliphatic rings. The molecule has 8 heteroatoms. The second-order valence-corrected chi connectivity index (χ2v) is 10.3. The molecule has 1 aliphatic carbocycles. The Hall–Kier alpha value is -1.15. The molecule has 2 N–H and O–H groups in total. The highest BCUT2D eigenvalue weighted by Gasteiger charge is 2.26. The smallest absolute Gasteiger partial charge is 0.321 e. The van der Waals surface area contributed by atoms with Crippen molar-refractivity contribution in [2.24, 2.45) is 5.92 Å². The second-order valence-electron chi connectivity index (χ2n) is 7.98. The molecule has 24 heavy (non-hydrogen) atoms. The summed E-state index contributed by atoms with van der Waals surface area (Å²) in [6, 6.07) is 0.778. The summed E-state index contributed by atoms with van der Waals surface area (Å²) in [5, 5.41) is 6.94. The summed E-state index contributed by atoms with van der Waals surface area (Å²) in [6.45, 7) is 10.1. The monoisotopic (exact) mass is 358 g/mol. The molecule has 0 saturated heterocycles. The van der Waals surface area contributed by atoms with Gasteiger partial charge in [-0.1, -0.05) is 25.9 Å². The lowest BCUT2D eigenvalue weighted by Crippen LogP contribution is -2.37. The standard InChI is InChI=1S/C16H30N4O3S/c1-11(2)24(21,22)17-10-12-6-8-13(9-7-12)18-15-19-14(20-23-15)16(3,4)5/h11-13,17H,6-10H2,1-5H3,(H,18,19,20)/t12-,13-. The van der Waals surface area contributed by atoms with Crippen LogP contribution in [0.2, 0.25) is 0 Å². The number of aromatic nitrogens is 2. The van der Waals surface area contributed by atoms with Crippen LogP contribution in [0.15, 0.2) is 4.52 Å². The lowest BCUT2D eigenvalue weighted by Gasteiger charge is -2.28. The van der Waals surface area contributed by atoms with E-state index in [2.05, 4.69) is 20.2 Å². The van der Waals surface area contributed by atoms with E-state index in [1.807, 2.05) is 20.8 Å². The van der Waals surface area contributed by atoms with Crippen molar-refractivity contribution in [2.45, 2.75) is 77.0 Å². The van der Waals surface area contributed by atoms with E-state index in [1.54, 1.807) is 13.8 Å². The summed E-state index contributed by atoms with van der Waals surface area (Å²) in [7, 11) is -3.17. The van der Waals surface area contributed by atoms with Crippen LogP contribution in [0.4, 0.5) is 6.01 Å². The molecular weight excluding hydrogens is 328 g/mol. The Labute approximate surface area is 145 Å². The molecule has 0 radical (unpaired) electrons. The molecule has 0 bridgehead atoms. The first-order valence-electron chi connectivity index (χ1n) is 8.67. The largest absolute Gasteiger partial charge is 0.335 e. The maximum Gasteiger partial charge on any atom is 0.321 e. The number of hydrogen-bond acceptors (Lipinski definition) is 6. The van der Waals surface area contributed by atoms with Crippen LogP contribution < -0.4 is 10.0 Å². The van der Waals surface area contributed by atoms with Crippen molar-refractivity contribution in [3.63, 3.8) is 0 Å². The van der Waals surface area contributed by atoms with Gasteiger partial charge in [-0.25, -0.2) is 13.1 Å². The molecule has 0 aromatic carbocycles. The van der Waals surface area contributed by atoms with Gasteiger partial charge in [0.15, 0.2) is 5.82 Å². The van der Waals surface area contributed by atoms with Gasteiger partial charge in [0, 0.05) is 18.0 Å². The number of sulfonamides is 1. The van der Waals surface area contributed by atoms with E-state index in [9.17, 15) is 8.42 Å². The Kier molecular flexibility index (Phi) is 5.91. The van der Waals surface area contributed by atoms with Crippen molar-refractivity contribution >= 4 is 16.0 Å². The van der Waals surface area contributed by atoms with Crippen molar-refractivity contribution in [2.75, 3.05) is 11.9 Å². The summed E-state index contributed by atoms with van der Waals surface area (Å²) in [6.07, 6.45) is 3.92. The molecule has 1 aromatic rings. The molecule has 0 spiro atoms. The molecule has 7 nitrogen and oxygen atoms in total. The molecule has 1 heterocycles. The van der Waals surface area contributed by atoms with Crippen molar-refractivity contribution in [1.29, 1.82) is 0 Å². The Balaban J connectivity index is 1.78. The van der Waals surface area contributed by atoms with Gasteiger partial charge in [-0.2, -0.15) is 4.98 Å². The number of nitrogens with zero attached hydrogens (tertiary/aromatic N) is 2. The van der Waals surface area contributed by atoms with E-state index in [1.165, 1.54) is 0 Å². The van der Waals surface area contributed by atoms with E-state index in [0.717, 1.165) is 25.7 Å². The fourth-order valence-electron chi connectivity index (χ4n) is 2.67. The first-order valence-corrected chi connectivity index (χ1v) is 10.2. The van der Waals surface area contributed by atoms with Crippen LogP contribution in [0.3, 0.4) is 0 Å². The van der Waals surface area contributed by atoms with Gasteiger partial charge in [-0.15, -0.1) is 0 Å². The number of rotatable bonds is 6. The highest BCUT2D eigenvalue weighted by atomic mass is 32.2. The van der Waals surface area contributed by atoms with Crippen molar-refractivity contribution in [3.05, 3.63) is 5.82 Å². The third kappa shape index (κ3) is 5.17. The van der Waals surface area contributed by atoms with Crippen molar-refractivity contribution in [3.8, 4) is 0 Å². The van der Waals surface area contributed by atoms with Gasteiger partial charge in [0.05, 0.1) is 5.25 Å². The van der Waals surface area contributed by atoms with Gasteiger partial charge in [-0.05, 0) is 45.4 Å². The fraction of sp³-hybridized carbons (Fsp3) is 0.875. The zero-order chi connectivity index (χ0) is 18.0. The van der Waals surface area contributed by atoms with Gasteiger partial charge in [0.1, 0.15) is 0 Å². The van der Waals surface area contributed by atoms with E-state index in [0.29, 0.717) is 30.3 Å². The molecule has 0 unspecified atom stereocenters. The zero-order valence-electron chi connectivity index (χ0n) is 15.3. The average molecular weight is 359 g/mol. The van der Waals surface area contributed by atoms with Gasteiger partial charge < -0.3 is 9.84 Å². The topological polar surface area (TPSA) is 97.1 Å². The van der Waals surface area contributed by atoms with Crippen LogP contribution in [-0.2, 0) is 15.4 Å². The summed E-state index contributed by atoms with van der Waals surface area (Å²) in [5.74, 6) is 1.09. The fourth-order valence-corrected chi connectivity index (χ4v) is 3.47. The molecule has 0 aliphatic heterocycles. The predicted octanol–water partition coefficient (Wildman–Crippen LogP) is 2.67. The maximum absolute atomic E-state index is 11.8. The van der Waals surface area contributed by atoms with Crippen LogP contribution in [0.25, 0.3) is 0 Å². The summed E-state index contributed by atoms with van der Waals surface area (Å²) < 4.78 is 31.6. The van der Waals surface area contributed by atoms with E-state index < -0.39 is 10.0 Å². The van der Waals surface area contributed by atoms with E-state index in [-0.39, 0.29) is 10.7 Å². The Morgan fingerprint density at radius 1 is 1.21 bits per heavy atom. The lowest BCUT2D eigenvalue weighted by molar-refractivity contribution is 0.329. The first-order chi connectivity index (χ1) is 11.1. The Bertz CT molecular complexity index is 626. The van der Waals surface area contributed by atoms with Crippen molar-refractivity contribution in [1.82, 2.24) is 14.9 Å². The SMILES string of the molecule is CC(C)S(=O)(=O)NC[C@H]1CC[C@H](Nc2nc(C(C)(C)C)no2)CC1. The minimum Gasteiger partial charge on any atom is -0.335 e. The van der Waals surface area contributed by atoms with Crippen molar-refractivity contribution < 1.29 is 12.9 Å². The number of hydrogen-bond donors (Lipinski definition) is 2. The van der Waals surface area contributed by atoms with Crippen LogP contribution in [-0.4, -0.2) is 36.4 Å². The summed E-state index contributed by atoms with van der Waals surface area (Å²) in [5.41, 5.74) is -0.130. The molecule has 2 rings (SSSR count). The molecule has 1 aromatic heterocycles. The first kappa shape index (κ1) is 19.2. The highest BCUT2D eigenvalue weighted by molar-refractivity contribution is 7.90. The quantitative estimate of drug-likeness (QED) is 0.811. The highest BCUT2D eigenvalue weighted by Crippen LogP contribution is 2.27. The second kappa shape index (κ2) is 7.39. The van der Waals surface area contributed by atoms with Gasteiger partial charge in [0.25, 0.3) is 0 Å². The van der Waals surface area contributed by atoms with E-state index in [4.69, 9.17) is 4.52 Å². The third-order valence-corrected chi connectivity index (χ3v) is 6.28. The summed E-state index contributed by atoms with van der Waals surface area (Å²) in [4.78, 5) is 4.40. The minimum absolute atomic E-state index is 0.130. The van der Waals surface area contributed by atoms with Crippen LogP contribution in [0.5, 0.6) is 0 Å². The molecule has 138 valence electrons. The molecule has 0 amide bonds. The predicted molar refractivity (Wildman–Crippen MR) is 94.4 cm³/mol. The van der Waals surface area contributed by atoms with Gasteiger partial charge >= 0.3 is 6.01 Å². The number of nitrogens with one attached hydrogen (secondary N) is 2. The zero-order valence-corrected chi connectivity index (χ0v) is 16.1. The lowest BCUT2D eigenvalue weighted by atomic mass is 9.86. The van der Waals surface area contributed by atoms with Crippen LogP contribution in [0.1, 0.15) is 66.1 Å². The Morgan fingerprint density at radius 2 is 1.83 bits per heavy atom. The average Bonchev–Trinajstić information content (AvgIpc) is 2.95. The molecular formula is C16H30N4O3S. The third-order valence-electron chi connectivity index (χ3n) is 4.46. The molecule has 1 fully saturated rings. The van der Waals surface area contributed by atoms with Gasteiger partial charge in [-0.3, -0.25) is 0 Å². The molecule has 0 atom stereocenters. The van der Waals surface area contributed by atoms with Crippen LogP contribution in [0, 0.1) is 5.92 Å². The Morgan fingerprint density at radius 3 is 2.33 bits per heavy atom. The normalized spacial score (nSPS) is 22.8. The number of anilines is 1. The maximum atomic E-state index is 11.8. The van der Waals surface area contributed by atoms with E-state index >= 15 is 0 Å². The minimum atomic E-state index is -3.17. The van der Waals surface area contributed by atoms with Crippen LogP contribution >= 0.6 is 0 Å².